The molecule has 96 valence electrons. The fourth-order valence-electron chi connectivity index (χ4n) is 2.25. The van der Waals surface area contributed by atoms with E-state index >= 15 is 0 Å². The number of nitrogens with one attached hydrogen (secondary N) is 1. The lowest BCUT2D eigenvalue weighted by Crippen LogP contribution is -2.52. The van der Waals surface area contributed by atoms with Gasteiger partial charge in [0.15, 0.2) is 0 Å². The van der Waals surface area contributed by atoms with Crippen LogP contribution in [0.4, 0.5) is 0 Å². The van der Waals surface area contributed by atoms with Gasteiger partial charge in [-0.05, 0) is 13.3 Å². The monoisotopic (exact) mass is 241 g/mol. The predicted octanol–water partition coefficient (Wildman–Crippen LogP) is -1.30. The van der Waals surface area contributed by atoms with Crippen LogP contribution in [-0.4, -0.2) is 55.6 Å². The number of hydrogen-bond acceptors (Lipinski definition) is 4. The highest BCUT2D eigenvalue weighted by Gasteiger charge is 2.46. The molecular formula is C11H19N3O3. The Bertz CT molecular complexity index is 334. The van der Waals surface area contributed by atoms with E-state index in [4.69, 9.17) is 10.5 Å². The van der Waals surface area contributed by atoms with Gasteiger partial charge in [0.25, 0.3) is 0 Å². The standard InChI is InChI=1S/C11H19N3O3/c1-11(7-17-6-8(11)12)10(16)14-4-2-3-13-9(15)5-14/h8H,2-7,12H2,1H3,(H,13,15). The molecule has 0 aliphatic carbocycles. The van der Waals surface area contributed by atoms with E-state index in [2.05, 4.69) is 5.32 Å². The zero-order valence-corrected chi connectivity index (χ0v) is 10.1. The Hall–Kier alpha value is -1.14. The topological polar surface area (TPSA) is 84.7 Å². The van der Waals surface area contributed by atoms with Crippen LogP contribution in [0.3, 0.4) is 0 Å². The minimum Gasteiger partial charge on any atom is -0.379 e. The zero-order valence-electron chi connectivity index (χ0n) is 10.1. The molecule has 2 fully saturated rings. The smallest absolute Gasteiger partial charge is 0.239 e. The first-order chi connectivity index (χ1) is 8.04. The fourth-order valence-corrected chi connectivity index (χ4v) is 2.25. The maximum absolute atomic E-state index is 12.4. The summed E-state index contributed by atoms with van der Waals surface area (Å²) in [5, 5.41) is 2.75. The largest absolute Gasteiger partial charge is 0.379 e. The summed E-state index contributed by atoms with van der Waals surface area (Å²) in [6.45, 7) is 3.91. The average molecular weight is 241 g/mol. The van der Waals surface area contributed by atoms with Crippen molar-refractivity contribution in [2.45, 2.75) is 19.4 Å². The Morgan fingerprint density at radius 1 is 1.65 bits per heavy atom. The summed E-state index contributed by atoms with van der Waals surface area (Å²) in [5.74, 6) is -0.175. The second-order valence-electron chi connectivity index (χ2n) is 4.97. The Labute approximate surface area is 100 Å². The first-order valence-corrected chi connectivity index (χ1v) is 5.93. The van der Waals surface area contributed by atoms with Crippen molar-refractivity contribution >= 4 is 11.8 Å². The molecule has 2 heterocycles. The van der Waals surface area contributed by atoms with Crippen LogP contribution < -0.4 is 11.1 Å². The highest BCUT2D eigenvalue weighted by Crippen LogP contribution is 2.29. The Kier molecular flexibility index (Phi) is 3.35. The van der Waals surface area contributed by atoms with Gasteiger partial charge in [-0.15, -0.1) is 0 Å². The molecule has 0 saturated carbocycles. The van der Waals surface area contributed by atoms with Crippen LogP contribution in [0.1, 0.15) is 13.3 Å². The molecule has 2 rings (SSSR count). The summed E-state index contributed by atoms with van der Waals surface area (Å²) >= 11 is 0. The van der Waals surface area contributed by atoms with Crippen molar-refractivity contribution in [3.8, 4) is 0 Å². The van der Waals surface area contributed by atoms with E-state index < -0.39 is 5.41 Å². The second kappa shape index (κ2) is 4.62. The van der Waals surface area contributed by atoms with Gasteiger partial charge >= 0.3 is 0 Å². The summed E-state index contributed by atoms with van der Waals surface area (Å²) in [7, 11) is 0. The molecule has 17 heavy (non-hydrogen) atoms. The number of hydrogen-bond donors (Lipinski definition) is 2. The van der Waals surface area contributed by atoms with Crippen molar-refractivity contribution in [2.24, 2.45) is 11.1 Å². The molecule has 2 atom stereocenters. The normalized spacial score (nSPS) is 34.4. The van der Waals surface area contributed by atoms with E-state index in [-0.39, 0.29) is 24.4 Å². The molecule has 2 aliphatic heterocycles. The fraction of sp³-hybridized carbons (Fsp3) is 0.818. The maximum atomic E-state index is 12.4. The molecule has 0 aromatic heterocycles. The number of rotatable bonds is 1. The molecule has 6 nitrogen and oxygen atoms in total. The van der Waals surface area contributed by atoms with Gasteiger partial charge in [0.1, 0.15) is 0 Å². The van der Waals surface area contributed by atoms with Crippen molar-refractivity contribution in [3.05, 3.63) is 0 Å². The third-order valence-electron chi connectivity index (χ3n) is 3.55. The van der Waals surface area contributed by atoms with E-state index in [1.807, 2.05) is 6.92 Å². The molecule has 0 aromatic rings. The maximum Gasteiger partial charge on any atom is 0.239 e. The predicted molar refractivity (Wildman–Crippen MR) is 61.1 cm³/mol. The van der Waals surface area contributed by atoms with Crippen LogP contribution in [0.25, 0.3) is 0 Å². The van der Waals surface area contributed by atoms with Crippen molar-refractivity contribution in [1.82, 2.24) is 10.2 Å². The summed E-state index contributed by atoms with van der Waals surface area (Å²) < 4.78 is 5.27. The van der Waals surface area contributed by atoms with Gasteiger partial charge in [-0.1, -0.05) is 0 Å². The molecule has 3 N–H and O–H groups in total. The van der Waals surface area contributed by atoms with Crippen molar-refractivity contribution in [2.75, 3.05) is 32.8 Å². The van der Waals surface area contributed by atoms with Crippen LogP contribution in [0.15, 0.2) is 0 Å². The summed E-state index contributed by atoms with van der Waals surface area (Å²) in [6, 6.07) is -0.290. The molecule has 0 radical (unpaired) electrons. The quantitative estimate of drug-likeness (QED) is 0.597. The molecule has 0 bridgehead atoms. The van der Waals surface area contributed by atoms with Crippen LogP contribution in [0, 0.1) is 5.41 Å². The van der Waals surface area contributed by atoms with Crippen LogP contribution in [0.2, 0.25) is 0 Å². The molecule has 2 unspecified atom stereocenters. The number of carbonyl (C=O) groups excluding carboxylic acids is 2. The third-order valence-corrected chi connectivity index (χ3v) is 3.55. The van der Waals surface area contributed by atoms with E-state index in [0.717, 1.165) is 6.42 Å². The van der Waals surface area contributed by atoms with Crippen molar-refractivity contribution in [1.29, 1.82) is 0 Å². The van der Waals surface area contributed by atoms with Gasteiger partial charge in [0, 0.05) is 19.1 Å². The van der Waals surface area contributed by atoms with E-state index in [9.17, 15) is 9.59 Å². The van der Waals surface area contributed by atoms with Gasteiger partial charge in [-0.25, -0.2) is 0 Å². The zero-order chi connectivity index (χ0) is 12.5. The lowest BCUT2D eigenvalue weighted by molar-refractivity contribution is -0.144. The molecular weight excluding hydrogens is 222 g/mol. The minimum absolute atomic E-state index is 0.0699. The van der Waals surface area contributed by atoms with Crippen molar-refractivity contribution in [3.63, 3.8) is 0 Å². The van der Waals surface area contributed by atoms with Gasteiger partial charge in [0.2, 0.25) is 11.8 Å². The number of amides is 2. The minimum atomic E-state index is -0.690. The van der Waals surface area contributed by atoms with Crippen LogP contribution in [0.5, 0.6) is 0 Å². The second-order valence-corrected chi connectivity index (χ2v) is 4.97. The lowest BCUT2D eigenvalue weighted by Gasteiger charge is -2.31. The molecule has 0 spiro atoms. The number of nitrogens with two attached hydrogens (primary N) is 1. The third kappa shape index (κ3) is 2.28. The molecule has 6 heteroatoms. The lowest BCUT2D eigenvalue weighted by atomic mass is 9.84. The Morgan fingerprint density at radius 3 is 3.06 bits per heavy atom. The highest BCUT2D eigenvalue weighted by atomic mass is 16.5. The van der Waals surface area contributed by atoms with Crippen LogP contribution in [-0.2, 0) is 14.3 Å². The number of carbonyl (C=O) groups is 2. The number of nitrogens with zero attached hydrogens (tertiary/aromatic N) is 1. The highest BCUT2D eigenvalue weighted by molar-refractivity contribution is 5.88. The van der Waals surface area contributed by atoms with Gasteiger partial charge in [-0.3, -0.25) is 9.59 Å². The van der Waals surface area contributed by atoms with Gasteiger partial charge < -0.3 is 20.7 Å². The average Bonchev–Trinajstić information content (AvgIpc) is 2.52. The van der Waals surface area contributed by atoms with E-state index in [0.29, 0.717) is 26.3 Å². The van der Waals surface area contributed by atoms with E-state index in [1.165, 1.54) is 0 Å². The van der Waals surface area contributed by atoms with E-state index in [1.54, 1.807) is 4.90 Å². The Balaban J connectivity index is 2.10. The SMILES string of the molecule is CC1(C(=O)N2CCCNC(=O)C2)COCC1N. The van der Waals surface area contributed by atoms with Crippen molar-refractivity contribution < 1.29 is 14.3 Å². The molecule has 2 aliphatic rings. The Morgan fingerprint density at radius 2 is 2.41 bits per heavy atom. The number of ether oxygens (including phenoxy) is 1. The first-order valence-electron chi connectivity index (χ1n) is 5.93. The molecule has 2 amide bonds. The summed E-state index contributed by atoms with van der Waals surface area (Å²) in [4.78, 5) is 25.4. The van der Waals surface area contributed by atoms with Gasteiger partial charge in [-0.2, -0.15) is 0 Å². The molecule has 0 aromatic carbocycles. The summed E-state index contributed by atoms with van der Waals surface area (Å²) in [5.41, 5.74) is 5.23. The van der Waals surface area contributed by atoms with Crippen LogP contribution >= 0.6 is 0 Å². The first kappa shape index (κ1) is 12.3. The van der Waals surface area contributed by atoms with Gasteiger partial charge in [0.05, 0.1) is 25.2 Å². The summed E-state index contributed by atoms with van der Waals surface area (Å²) in [6.07, 6.45) is 0.781. The molecule has 2 saturated heterocycles.